The van der Waals surface area contributed by atoms with E-state index in [0.29, 0.717) is 5.76 Å². The number of anilines is 1. The molecule has 0 aliphatic heterocycles. The van der Waals surface area contributed by atoms with E-state index in [9.17, 15) is 21.6 Å². The van der Waals surface area contributed by atoms with Crippen molar-refractivity contribution >= 4 is 15.8 Å². The molecule has 0 atom stereocenters. The van der Waals surface area contributed by atoms with E-state index >= 15 is 0 Å². The molecule has 0 N–H and O–H groups in total. The third kappa shape index (κ3) is 4.59. The maximum Gasteiger partial charge on any atom is 0.573 e. The Labute approximate surface area is 152 Å². The van der Waals surface area contributed by atoms with Crippen LogP contribution in [0.25, 0.3) is 0 Å². The third-order valence-electron chi connectivity index (χ3n) is 3.43. The number of aromatic nitrogens is 1. The maximum absolute atomic E-state index is 13.0. The molecule has 0 spiro atoms. The summed E-state index contributed by atoms with van der Waals surface area (Å²) in [7, 11) is -4.12. The van der Waals surface area contributed by atoms with Gasteiger partial charge in [-0.25, -0.2) is 17.7 Å². The van der Waals surface area contributed by atoms with Crippen LogP contribution in [0.5, 0.6) is 5.75 Å². The van der Waals surface area contributed by atoms with Crippen molar-refractivity contribution in [3.63, 3.8) is 0 Å². The van der Waals surface area contributed by atoms with Gasteiger partial charge in [0.15, 0.2) is 0 Å². The second-order valence-corrected chi connectivity index (χ2v) is 7.16. The number of alkyl halides is 3. The molecule has 0 radical (unpaired) electrons. The van der Waals surface area contributed by atoms with Crippen molar-refractivity contribution in [2.45, 2.75) is 17.8 Å². The lowest BCUT2D eigenvalue weighted by atomic mass is 10.3. The van der Waals surface area contributed by atoms with Gasteiger partial charge in [0, 0.05) is 6.20 Å². The predicted octanol–water partition coefficient (Wildman–Crippen LogP) is 3.97. The fourth-order valence-electron chi connectivity index (χ4n) is 2.27. The van der Waals surface area contributed by atoms with Gasteiger partial charge in [-0.15, -0.1) is 13.2 Å². The molecule has 2 heterocycles. The molecule has 0 saturated heterocycles. The molecule has 0 fully saturated rings. The zero-order valence-corrected chi connectivity index (χ0v) is 14.4. The van der Waals surface area contributed by atoms with Crippen molar-refractivity contribution in [1.82, 2.24) is 4.98 Å². The average molecular weight is 398 g/mol. The van der Waals surface area contributed by atoms with E-state index < -0.39 is 22.1 Å². The SMILES string of the molecule is O=S(=O)(c1ccc(OC(F)(F)F)cc1)N(Cc1ccco1)c1ccccn1. The first kappa shape index (κ1) is 18.8. The summed E-state index contributed by atoms with van der Waals surface area (Å²) in [6, 6.07) is 11.9. The molecular weight excluding hydrogens is 385 g/mol. The molecule has 1 aromatic carbocycles. The molecule has 6 nitrogen and oxygen atoms in total. The Morgan fingerprint density at radius 3 is 2.33 bits per heavy atom. The summed E-state index contributed by atoms with van der Waals surface area (Å²) < 4.78 is 72.9. The Morgan fingerprint density at radius 1 is 1.04 bits per heavy atom. The molecule has 0 amide bonds. The topological polar surface area (TPSA) is 72.6 Å². The number of nitrogens with zero attached hydrogens (tertiary/aromatic N) is 2. The number of benzene rings is 1. The Morgan fingerprint density at radius 2 is 1.78 bits per heavy atom. The highest BCUT2D eigenvalue weighted by Crippen LogP contribution is 2.27. The standard InChI is InChI=1S/C17H13F3N2O4S/c18-17(19,20)26-13-6-8-15(9-7-13)27(23,24)22(12-14-4-3-11-25-14)16-5-1-2-10-21-16/h1-11H,12H2. The Balaban J connectivity index is 1.95. The molecule has 0 aliphatic rings. The van der Waals surface area contributed by atoms with Crippen molar-refractivity contribution in [2.24, 2.45) is 0 Å². The minimum Gasteiger partial charge on any atom is -0.467 e. The first-order valence-electron chi connectivity index (χ1n) is 7.58. The quantitative estimate of drug-likeness (QED) is 0.628. The molecule has 10 heteroatoms. The van der Waals surface area contributed by atoms with Crippen LogP contribution in [0.4, 0.5) is 19.0 Å². The van der Waals surface area contributed by atoms with Gasteiger partial charge in [0.05, 0.1) is 17.7 Å². The van der Waals surface area contributed by atoms with Gasteiger partial charge in [0.2, 0.25) is 0 Å². The molecule has 3 aromatic rings. The summed E-state index contributed by atoms with van der Waals surface area (Å²) in [5, 5.41) is 0. The monoisotopic (exact) mass is 398 g/mol. The number of hydrogen-bond donors (Lipinski definition) is 0. The predicted molar refractivity (Wildman–Crippen MR) is 89.4 cm³/mol. The van der Waals surface area contributed by atoms with Crippen LogP contribution >= 0.6 is 0 Å². The highest BCUT2D eigenvalue weighted by Gasteiger charge is 2.32. The van der Waals surface area contributed by atoms with Gasteiger partial charge in [0.25, 0.3) is 10.0 Å². The molecule has 2 aromatic heterocycles. The smallest absolute Gasteiger partial charge is 0.467 e. The molecule has 27 heavy (non-hydrogen) atoms. The number of sulfonamides is 1. The molecule has 0 aliphatic carbocycles. The van der Waals surface area contributed by atoms with Gasteiger partial charge in [-0.05, 0) is 48.5 Å². The summed E-state index contributed by atoms with van der Waals surface area (Å²) in [4.78, 5) is 3.84. The molecule has 3 rings (SSSR count). The zero-order chi connectivity index (χ0) is 19.5. The second-order valence-electron chi connectivity index (χ2n) is 5.30. The van der Waals surface area contributed by atoms with Crippen LogP contribution in [0.2, 0.25) is 0 Å². The van der Waals surface area contributed by atoms with E-state index in [1.807, 2.05) is 0 Å². The number of halogens is 3. The normalized spacial score (nSPS) is 12.0. The lowest BCUT2D eigenvalue weighted by Gasteiger charge is -2.22. The Bertz CT molecular complexity index is 973. The highest BCUT2D eigenvalue weighted by molar-refractivity contribution is 7.92. The fourth-order valence-corrected chi connectivity index (χ4v) is 3.66. The van der Waals surface area contributed by atoms with Crippen LogP contribution in [-0.4, -0.2) is 19.8 Å². The number of pyridine rings is 1. The minimum absolute atomic E-state index is 0.132. The summed E-state index contributed by atoms with van der Waals surface area (Å²) in [5.41, 5.74) is 0. The van der Waals surface area contributed by atoms with E-state index in [2.05, 4.69) is 9.72 Å². The van der Waals surface area contributed by atoms with Crippen LogP contribution in [-0.2, 0) is 16.6 Å². The van der Waals surface area contributed by atoms with E-state index in [-0.39, 0.29) is 17.3 Å². The molecule has 0 saturated carbocycles. The van der Waals surface area contributed by atoms with Crippen LogP contribution in [0.15, 0.2) is 76.4 Å². The Hall–Kier alpha value is -3.01. The first-order chi connectivity index (χ1) is 12.8. The molecular formula is C17H13F3N2O4S. The van der Waals surface area contributed by atoms with E-state index in [1.165, 1.54) is 18.5 Å². The van der Waals surface area contributed by atoms with Crippen molar-refractivity contribution in [3.05, 3.63) is 72.8 Å². The number of ether oxygens (including phenoxy) is 1. The van der Waals surface area contributed by atoms with Gasteiger partial charge >= 0.3 is 6.36 Å². The summed E-state index contributed by atoms with van der Waals surface area (Å²) in [5.74, 6) is 0.00245. The van der Waals surface area contributed by atoms with Gasteiger partial charge in [-0.3, -0.25) is 0 Å². The number of furan rings is 1. The van der Waals surface area contributed by atoms with Gasteiger partial charge in [-0.2, -0.15) is 0 Å². The van der Waals surface area contributed by atoms with Crippen molar-refractivity contribution in [3.8, 4) is 5.75 Å². The maximum atomic E-state index is 13.0. The average Bonchev–Trinajstić information content (AvgIpc) is 3.13. The fraction of sp³-hybridized carbons (Fsp3) is 0.118. The zero-order valence-electron chi connectivity index (χ0n) is 13.6. The van der Waals surface area contributed by atoms with Crippen LogP contribution < -0.4 is 9.04 Å². The van der Waals surface area contributed by atoms with Crippen LogP contribution in [0.1, 0.15) is 5.76 Å². The van der Waals surface area contributed by atoms with Gasteiger partial charge in [-0.1, -0.05) is 6.07 Å². The van der Waals surface area contributed by atoms with Crippen LogP contribution in [0, 0.1) is 0 Å². The molecule has 0 bridgehead atoms. The summed E-state index contributed by atoms with van der Waals surface area (Å²) >= 11 is 0. The molecule has 142 valence electrons. The summed E-state index contributed by atoms with van der Waals surface area (Å²) in [6.45, 7) is -0.132. The lowest BCUT2D eigenvalue weighted by Crippen LogP contribution is -2.31. The van der Waals surface area contributed by atoms with Gasteiger partial charge in [0.1, 0.15) is 17.3 Å². The van der Waals surface area contributed by atoms with Crippen molar-refractivity contribution < 1.29 is 30.7 Å². The van der Waals surface area contributed by atoms with Crippen LogP contribution in [0.3, 0.4) is 0 Å². The Kier molecular flexibility index (Phi) is 5.08. The second kappa shape index (κ2) is 7.31. The van der Waals surface area contributed by atoms with Crippen molar-refractivity contribution in [2.75, 3.05) is 4.31 Å². The van der Waals surface area contributed by atoms with E-state index in [0.717, 1.165) is 28.6 Å². The van der Waals surface area contributed by atoms with Crippen molar-refractivity contribution in [1.29, 1.82) is 0 Å². The van der Waals surface area contributed by atoms with Gasteiger partial charge < -0.3 is 9.15 Å². The largest absolute Gasteiger partial charge is 0.573 e. The highest BCUT2D eigenvalue weighted by atomic mass is 32.2. The third-order valence-corrected chi connectivity index (χ3v) is 5.19. The minimum atomic E-state index is -4.86. The van der Waals surface area contributed by atoms with E-state index in [4.69, 9.17) is 4.42 Å². The number of rotatable bonds is 6. The first-order valence-corrected chi connectivity index (χ1v) is 9.02. The molecule has 0 unspecified atom stereocenters. The lowest BCUT2D eigenvalue weighted by molar-refractivity contribution is -0.274. The summed E-state index contributed by atoms with van der Waals surface area (Å²) in [6.07, 6.45) is -2.03. The van der Waals surface area contributed by atoms with E-state index in [1.54, 1.807) is 24.3 Å². The number of hydrogen-bond acceptors (Lipinski definition) is 5.